The van der Waals surface area contributed by atoms with Crippen LogP contribution in [0.3, 0.4) is 0 Å². The summed E-state index contributed by atoms with van der Waals surface area (Å²) in [5.41, 5.74) is 9.58. The maximum absolute atomic E-state index is 2.40. The molecule has 0 saturated carbocycles. The second kappa shape index (κ2) is 7.50. The first-order valence-corrected chi connectivity index (χ1v) is 11.1. The first-order chi connectivity index (χ1) is 14.2. The van der Waals surface area contributed by atoms with E-state index in [1.165, 1.54) is 48.7 Å². The summed E-state index contributed by atoms with van der Waals surface area (Å²) in [7, 11) is 0. The Morgan fingerprint density at radius 3 is 2.21 bits per heavy atom. The van der Waals surface area contributed by atoms with Crippen LogP contribution in [0.15, 0.2) is 84.9 Å². The van der Waals surface area contributed by atoms with E-state index in [-0.39, 0.29) is 0 Å². The van der Waals surface area contributed by atoms with E-state index in [0.29, 0.717) is 5.92 Å². The summed E-state index contributed by atoms with van der Waals surface area (Å²) in [6.07, 6.45) is 3.42. The maximum atomic E-state index is 2.40. The number of rotatable bonds is 4. The molecule has 1 aliphatic rings. The van der Waals surface area contributed by atoms with Crippen molar-refractivity contribution in [3.05, 3.63) is 106 Å². The lowest BCUT2D eigenvalue weighted by Gasteiger charge is -2.10. The summed E-state index contributed by atoms with van der Waals surface area (Å²) in [5.74, 6) is 0.565. The molecule has 0 spiro atoms. The summed E-state index contributed by atoms with van der Waals surface area (Å²) in [6.45, 7) is 4.49. The van der Waals surface area contributed by atoms with Crippen LogP contribution in [0.4, 0.5) is 0 Å². The minimum Gasteiger partial charge on any atom is -0.136 e. The molecule has 0 aliphatic heterocycles. The molecule has 1 heterocycles. The van der Waals surface area contributed by atoms with Crippen molar-refractivity contribution < 1.29 is 0 Å². The fraction of sp³-hybridized carbons (Fsp3) is 0.143. The van der Waals surface area contributed by atoms with Crippen molar-refractivity contribution in [1.82, 2.24) is 0 Å². The fourth-order valence-corrected chi connectivity index (χ4v) is 5.12. The highest BCUT2D eigenvalue weighted by molar-refractivity contribution is 7.16. The van der Waals surface area contributed by atoms with Gasteiger partial charge in [-0.25, -0.2) is 0 Å². The molecule has 1 aromatic heterocycles. The second-order valence-corrected chi connectivity index (χ2v) is 9.12. The van der Waals surface area contributed by atoms with Gasteiger partial charge in [0, 0.05) is 9.75 Å². The first kappa shape index (κ1) is 18.1. The molecule has 1 heteroatoms. The molecule has 0 atom stereocenters. The number of fused-ring (bicyclic) bond motifs is 1. The molecule has 0 fully saturated rings. The van der Waals surface area contributed by atoms with E-state index in [4.69, 9.17) is 0 Å². The summed E-state index contributed by atoms with van der Waals surface area (Å²) in [6, 6.07) is 31.0. The van der Waals surface area contributed by atoms with Crippen LogP contribution >= 0.6 is 11.3 Å². The lowest BCUT2D eigenvalue weighted by molar-refractivity contribution is 0.867. The second-order valence-electron chi connectivity index (χ2n) is 8.03. The lowest BCUT2D eigenvalue weighted by Crippen LogP contribution is -1.89. The molecule has 0 N–H and O–H groups in total. The highest BCUT2D eigenvalue weighted by atomic mass is 32.1. The molecule has 0 unspecified atom stereocenters. The quantitative estimate of drug-likeness (QED) is 0.327. The lowest BCUT2D eigenvalue weighted by atomic mass is 9.94. The largest absolute Gasteiger partial charge is 0.136 e. The number of hydrogen-bond acceptors (Lipinski definition) is 1. The molecular weight excluding hydrogens is 368 g/mol. The van der Waals surface area contributed by atoms with Gasteiger partial charge in [-0.1, -0.05) is 86.6 Å². The SMILES string of the molecule is CC(C)c1ccc(-c2cccc3c2C=C(c2ccc(-c4ccccc4)s2)C3)cc1. The summed E-state index contributed by atoms with van der Waals surface area (Å²) >= 11 is 1.89. The highest BCUT2D eigenvalue weighted by Gasteiger charge is 2.19. The standard InChI is InChI=1S/C28H24S/c1-19(2)20-11-13-21(14-12-20)25-10-6-9-23-17-24(18-26(23)25)28-16-15-27(29-28)22-7-4-3-5-8-22/h3-16,18-19H,17H2,1-2H3. The molecule has 1 aliphatic carbocycles. The summed E-state index contributed by atoms with van der Waals surface area (Å²) in [4.78, 5) is 2.71. The third-order valence-corrected chi connectivity index (χ3v) is 6.97. The monoisotopic (exact) mass is 392 g/mol. The van der Waals surface area contributed by atoms with Crippen LogP contribution in [0, 0.1) is 0 Å². The van der Waals surface area contributed by atoms with Gasteiger partial charge < -0.3 is 0 Å². The topological polar surface area (TPSA) is 0 Å². The van der Waals surface area contributed by atoms with E-state index in [1.807, 2.05) is 11.3 Å². The Kier molecular flexibility index (Phi) is 4.69. The van der Waals surface area contributed by atoms with Gasteiger partial charge in [-0.2, -0.15) is 0 Å². The van der Waals surface area contributed by atoms with Gasteiger partial charge in [0.05, 0.1) is 0 Å². The molecule has 29 heavy (non-hydrogen) atoms. The molecule has 0 radical (unpaired) electrons. The summed E-state index contributed by atoms with van der Waals surface area (Å²) in [5, 5.41) is 0. The van der Waals surface area contributed by atoms with E-state index in [1.54, 1.807) is 0 Å². The van der Waals surface area contributed by atoms with Gasteiger partial charge in [-0.3, -0.25) is 0 Å². The number of hydrogen-bond donors (Lipinski definition) is 0. The van der Waals surface area contributed by atoms with Crippen LogP contribution in [0.25, 0.3) is 33.2 Å². The molecule has 142 valence electrons. The zero-order valence-electron chi connectivity index (χ0n) is 16.9. The number of thiophene rings is 1. The average Bonchev–Trinajstić information content (AvgIpc) is 3.41. The van der Waals surface area contributed by atoms with Crippen molar-refractivity contribution in [2.24, 2.45) is 0 Å². The third kappa shape index (κ3) is 3.47. The molecule has 5 rings (SSSR count). The smallest absolute Gasteiger partial charge is 0.0349 e. The van der Waals surface area contributed by atoms with E-state index >= 15 is 0 Å². The number of benzene rings is 3. The molecule has 3 aromatic carbocycles. The molecule has 0 bridgehead atoms. The van der Waals surface area contributed by atoms with Crippen LogP contribution in [-0.2, 0) is 6.42 Å². The van der Waals surface area contributed by atoms with E-state index in [0.717, 1.165) is 6.42 Å². The van der Waals surface area contributed by atoms with Gasteiger partial charge in [0.25, 0.3) is 0 Å². The molecule has 0 amide bonds. The van der Waals surface area contributed by atoms with Gasteiger partial charge in [0.1, 0.15) is 0 Å². The van der Waals surface area contributed by atoms with Crippen molar-refractivity contribution in [2.45, 2.75) is 26.2 Å². The van der Waals surface area contributed by atoms with Gasteiger partial charge >= 0.3 is 0 Å². The Bertz CT molecular complexity index is 1170. The molecular formula is C28H24S. The average molecular weight is 393 g/mol. The van der Waals surface area contributed by atoms with E-state index in [9.17, 15) is 0 Å². The van der Waals surface area contributed by atoms with Gasteiger partial charge in [-0.05, 0) is 69.5 Å². The molecule has 0 saturated heterocycles. The van der Waals surface area contributed by atoms with Crippen molar-refractivity contribution in [1.29, 1.82) is 0 Å². The zero-order chi connectivity index (χ0) is 19.8. The van der Waals surface area contributed by atoms with E-state index < -0.39 is 0 Å². The van der Waals surface area contributed by atoms with Gasteiger partial charge in [0.15, 0.2) is 0 Å². The predicted octanol–water partition coefficient (Wildman–Crippen LogP) is 8.30. The predicted molar refractivity (Wildman–Crippen MR) is 127 cm³/mol. The van der Waals surface area contributed by atoms with Crippen LogP contribution in [-0.4, -0.2) is 0 Å². The van der Waals surface area contributed by atoms with Crippen LogP contribution in [0.1, 0.15) is 41.3 Å². The van der Waals surface area contributed by atoms with Crippen molar-refractivity contribution in [3.8, 4) is 21.6 Å². The first-order valence-electron chi connectivity index (χ1n) is 10.3. The Hall–Kier alpha value is -2.90. The van der Waals surface area contributed by atoms with Gasteiger partial charge in [0.2, 0.25) is 0 Å². The van der Waals surface area contributed by atoms with Crippen LogP contribution in [0.5, 0.6) is 0 Å². The van der Waals surface area contributed by atoms with Crippen molar-refractivity contribution in [2.75, 3.05) is 0 Å². The minimum absolute atomic E-state index is 0.565. The molecule has 4 aromatic rings. The Balaban J connectivity index is 1.49. The number of allylic oxidation sites excluding steroid dienone is 1. The molecule has 0 nitrogen and oxygen atoms in total. The zero-order valence-corrected chi connectivity index (χ0v) is 17.7. The Morgan fingerprint density at radius 2 is 1.45 bits per heavy atom. The van der Waals surface area contributed by atoms with Crippen molar-refractivity contribution in [3.63, 3.8) is 0 Å². The highest BCUT2D eigenvalue weighted by Crippen LogP contribution is 2.41. The summed E-state index contributed by atoms with van der Waals surface area (Å²) < 4.78 is 0. The van der Waals surface area contributed by atoms with Crippen molar-refractivity contribution >= 4 is 23.0 Å². The normalized spacial score (nSPS) is 12.9. The van der Waals surface area contributed by atoms with Gasteiger partial charge in [-0.15, -0.1) is 11.3 Å². The van der Waals surface area contributed by atoms with E-state index in [2.05, 4.69) is 105 Å². The Morgan fingerprint density at radius 1 is 0.690 bits per heavy atom. The van der Waals surface area contributed by atoms with Crippen LogP contribution < -0.4 is 0 Å². The van der Waals surface area contributed by atoms with Crippen LogP contribution in [0.2, 0.25) is 0 Å². The Labute approximate surface area is 177 Å². The third-order valence-electron chi connectivity index (χ3n) is 5.77. The fourth-order valence-electron chi connectivity index (χ4n) is 4.09. The minimum atomic E-state index is 0.565. The maximum Gasteiger partial charge on any atom is 0.0349 e.